The molecule has 0 fully saturated rings. The van der Waals surface area contributed by atoms with E-state index < -0.39 is 11.6 Å². The molecule has 6 heteroatoms. The Hall–Kier alpha value is -2.89. The number of aromatic nitrogens is 2. The van der Waals surface area contributed by atoms with Crippen molar-refractivity contribution in [3.05, 3.63) is 59.7 Å². The van der Waals surface area contributed by atoms with Crippen LogP contribution >= 0.6 is 0 Å². The summed E-state index contributed by atoms with van der Waals surface area (Å²) in [5.74, 6) is -0.421. The van der Waals surface area contributed by atoms with Gasteiger partial charge in [0.1, 0.15) is 5.75 Å². The molecule has 106 valence electrons. The monoisotopic (exact) mass is 286 g/mol. The molecule has 1 heterocycles. The zero-order valence-electron chi connectivity index (χ0n) is 10.8. The second-order valence-electron chi connectivity index (χ2n) is 4.52. The van der Waals surface area contributed by atoms with Crippen molar-refractivity contribution in [2.24, 2.45) is 0 Å². The van der Waals surface area contributed by atoms with Gasteiger partial charge in [-0.05, 0) is 35.9 Å². The molecule has 5 nitrogen and oxygen atoms in total. The van der Waals surface area contributed by atoms with E-state index in [9.17, 15) is 9.50 Å². The maximum absolute atomic E-state index is 13.3. The van der Waals surface area contributed by atoms with Gasteiger partial charge in [0.05, 0.1) is 6.42 Å². The van der Waals surface area contributed by atoms with Crippen molar-refractivity contribution in [1.82, 2.24) is 10.1 Å². The van der Waals surface area contributed by atoms with Crippen LogP contribution in [0.5, 0.6) is 11.5 Å². The van der Waals surface area contributed by atoms with E-state index in [0.717, 1.165) is 11.6 Å². The highest BCUT2D eigenvalue weighted by Gasteiger charge is 2.11. The van der Waals surface area contributed by atoms with Crippen LogP contribution in [0.4, 0.5) is 4.39 Å². The lowest BCUT2D eigenvalue weighted by molar-refractivity contribution is 0.385. The first kappa shape index (κ1) is 13.1. The third-order valence-corrected chi connectivity index (χ3v) is 2.94. The van der Waals surface area contributed by atoms with Crippen LogP contribution < -0.4 is 0 Å². The lowest BCUT2D eigenvalue weighted by Crippen LogP contribution is -1.88. The first-order valence-electron chi connectivity index (χ1n) is 6.21. The summed E-state index contributed by atoms with van der Waals surface area (Å²) < 4.78 is 18.4. The summed E-state index contributed by atoms with van der Waals surface area (Å²) in [6.07, 6.45) is 0.363. The maximum Gasteiger partial charge on any atom is 0.231 e. The second kappa shape index (κ2) is 5.24. The molecule has 0 atom stereocenters. The molecular formula is C15H11FN2O3. The smallest absolute Gasteiger partial charge is 0.231 e. The van der Waals surface area contributed by atoms with Crippen molar-refractivity contribution in [2.75, 3.05) is 0 Å². The quantitative estimate of drug-likeness (QED) is 0.774. The first-order chi connectivity index (χ1) is 10.1. The molecule has 0 aliphatic carbocycles. The predicted molar refractivity (Wildman–Crippen MR) is 72.3 cm³/mol. The van der Waals surface area contributed by atoms with Gasteiger partial charge < -0.3 is 14.7 Å². The van der Waals surface area contributed by atoms with Crippen LogP contribution in [-0.2, 0) is 6.42 Å². The molecule has 3 rings (SSSR count). The van der Waals surface area contributed by atoms with Gasteiger partial charge in [0, 0.05) is 5.56 Å². The SMILES string of the molecule is Oc1cccc(Cc2nc(-c3ccc(O)c(F)c3)no2)c1. The van der Waals surface area contributed by atoms with E-state index in [0.29, 0.717) is 17.9 Å². The predicted octanol–water partition coefficient (Wildman–Crippen LogP) is 2.88. The summed E-state index contributed by atoms with van der Waals surface area (Å²) in [5, 5.41) is 22.3. The highest BCUT2D eigenvalue weighted by atomic mass is 19.1. The molecule has 0 spiro atoms. The van der Waals surface area contributed by atoms with E-state index in [4.69, 9.17) is 9.63 Å². The van der Waals surface area contributed by atoms with Gasteiger partial charge in [0.25, 0.3) is 0 Å². The van der Waals surface area contributed by atoms with E-state index in [-0.39, 0.29) is 11.6 Å². The van der Waals surface area contributed by atoms with E-state index in [2.05, 4.69) is 10.1 Å². The van der Waals surface area contributed by atoms with Crippen molar-refractivity contribution in [3.8, 4) is 22.9 Å². The third kappa shape index (κ3) is 2.84. The number of benzene rings is 2. The van der Waals surface area contributed by atoms with E-state index in [1.54, 1.807) is 18.2 Å². The molecule has 0 saturated heterocycles. The summed E-state index contributed by atoms with van der Waals surface area (Å²) in [7, 11) is 0. The maximum atomic E-state index is 13.3. The molecule has 0 saturated carbocycles. The fraction of sp³-hybridized carbons (Fsp3) is 0.0667. The lowest BCUT2D eigenvalue weighted by Gasteiger charge is -1.97. The molecule has 0 aliphatic heterocycles. The fourth-order valence-corrected chi connectivity index (χ4v) is 1.93. The second-order valence-corrected chi connectivity index (χ2v) is 4.52. The van der Waals surface area contributed by atoms with Gasteiger partial charge in [0.2, 0.25) is 11.7 Å². The van der Waals surface area contributed by atoms with Crippen LogP contribution in [0.25, 0.3) is 11.4 Å². The minimum Gasteiger partial charge on any atom is -0.508 e. The van der Waals surface area contributed by atoms with Gasteiger partial charge in [-0.1, -0.05) is 17.3 Å². The first-order valence-corrected chi connectivity index (χ1v) is 6.21. The van der Waals surface area contributed by atoms with Gasteiger partial charge in [-0.3, -0.25) is 0 Å². The van der Waals surface area contributed by atoms with Crippen LogP contribution in [0, 0.1) is 5.82 Å². The Morgan fingerprint density at radius 2 is 1.95 bits per heavy atom. The zero-order chi connectivity index (χ0) is 14.8. The Morgan fingerprint density at radius 1 is 1.10 bits per heavy atom. The normalized spacial score (nSPS) is 10.7. The topological polar surface area (TPSA) is 79.4 Å². The van der Waals surface area contributed by atoms with Gasteiger partial charge in [0.15, 0.2) is 11.6 Å². The molecule has 0 amide bonds. The minimum absolute atomic E-state index is 0.160. The molecule has 0 radical (unpaired) electrons. The van der Waals surface area contributed by atoms with Crippen LogP contribution in [0.2, 0.25) is 0 Å². The van der Waals surface area contributed by atoms with E-state index in [1.807, 2.05) is 6.07 Å². The third-order valence-electron chi connectivity index (χ3n) is 2.94. The molecule has 3 aromatic rings. The summed E-state index contributed by atoms with van der Waals surface area (Å²) in [6.45, 7) is 0. The molecule has 2 aromatic carbocycles. The number of nitrogens with zero attached hydrogens (tertiary/aromatic N) is 2. The summed E-state index contributed by atoms with van der Waals surface area (Å²) in [6, 6.07) is 10.6. The van der Waals surface area contributed by atoms with Crippen molar-refractivity contribution in [3.63, 3.8) is 0 Å². The molecule has 0 aliphatic rings. The number of aromatic hydroxyl groups is 2. The van der Waals surface area contributed by atoms with Crippen LogP contribution in [0.1, 0.15) is 11.5 Å². The van der Waals surface area contributed by atoms with Crippen molar-refractivity contribution >= 4 is 0 Å². The number of phenols is 2. The van der Waals surface area contributed by atoms with Crippen molar-refractivity contribution in [1.29, 1.82) is 0 Å². The Labute approximate surface area is 119 Å². The summed E-state index contributed by atoms with van der Waals surface area (Å²) >= 11 is 0. The highest BCUT2D eigenvalue weighted by molar-refractivity contribution is 5.55. The number of hydrogen-bond donors (Lipinski definition) is 2. The molecule has 0 unspecified atom stereocenters. The molecular weight excluding hydrogens is 275 g/mol. The number of halogens is 1. The zero-order valence-corrected chi connectivity index (χ0v) is 10.8. The van der Waals surface area contributed by atoms with Crippen LogP contribution in [-0.4, -0.2) is 20.4 Å². The Morgan fingerprint density at radius 3 is 2.71 bits per heavy atom. The van der Waals surface area contributed by atoms with Crippen molar-refractivity contribution in [2.45, 2.75) is 6.42 Å². The molecule has 21 heavy (non-hydrogen) atoms. The average molecular weight is 286 g/mol. The van der Waals surface area contributed by atoms with E-state index >= 15 is 0 Å². The Balaban J connectivity index is 1.84. The highest BCUT2D eigenvalue weighted by Crippen LogP contribution is 2.23. The van der Waals surface area contributed by atoms with Crippen LogP contribution in [0.15, 0.2) is 47.0 Å². The standard InChI is InChI=1S/C15H11FN2O3/c16-12-8-10(4-5-13(12)20)15-17-14(21-18-15)7-9-2-1-3-11(19)6-9/h1-6,8,19-20H,7H2. The largest absolute Gasteiger partial charge is 0.508 e. The summed E-state index contributed by atoms with van der Waals surface area (Å²) in [4.78, 5) is 4.17. The van der Waals surface area contributed by atoms with Crippen molar-refractivity contribution < 1.29 is 19.1 Å². The van der Waals surface area contributed by atoms with Gasteiger partial charge in [-0.25, -0.2) is 4.39 Å². The molecule has 1 aromatic heterocycles. The Kier molecular flexibility index (Phi) is 3.27. The van der Waals surface area contributed by atoms with E-state index in [1.165, 1.54) is 12.1 Å². The minimum atomic E-state index is -0.744. The lowest BCUT2D eigenvalue weighted by atomic mass is 10.1. The number of hydrogen-bond acceptors (Lipinski definition) is 5. The van der Waals surface area contributed by atoms with Crippen LogP contribution in [0.3, 0.4) is 0 Å². The van der Waals surface area contributed by atoms with Gasteiger partial charge >= 0.3 is 0 Å². The fourth-order valence-electron chi connectivity index (χ4n) is 1.93. The number of rotatable bonds is 3. The van der Waals surface area contributed by atoms with Gasteiger partial charge in [-0.2, -0.15) is 4.98 Å². The molecule has 2 N–H and O–H groups in total. The number of phenolic OH excluding ortho intramolecular Hbond substituents is 2. The van der Waals surface area contributed by atoms with Gasteiger partial charge in [-0.15, -0.1) is 0 Å². The Bertz CT molecular complexity index is 786. The molecule has 0 bridgehead atoms. The summed E-state index contributed by atoms with van der Waals surface area (Å²) in [5.41, 5.74) is 1.23. The average Bonchev–Trinajstić information content (AvgIpc) is 2.90.